The molecule has 0 aromatic heterocycles. The van der Waals surface area contributed by atoms with Crippen molar-refractivity contribution in [2.45, 2.75) is 17.7 Å². The smallest absolute Gasteiger partial charge is 0.281 e. The van der Waals surface area contributed by atoms with E-state index in [9.17, 15) is 21.6 Å². The van der Waals surface area contributed by atoms with Gasteiger partial charge in [-0.1, -0.05) is 0 Å². The average Bonchev–Trinajstić information content (AvgIpc) is 2.74. The van der Waals surface area contributed by atoms with Crippen molar-refractivity contribution >= 4 is 31.8 Å². The molecule has 1 aromatic rings. The molecule has 2 aliphatic rings. The standard InChI is InChI=1S/C18H28N4O6S2/c1-20(2)30(26,27)22-9-3-4-15(14-22)18(23)19-16-5-7-17(8-6-16)29(24,25)21-10-12-28-13-11-21/h5-8,15H,3-4,9-14H2,1-2H3,(H,19,23). The molecule has 1 amide bonds. The minimum atomic E-state index is -3.60. The maximum Gasteiger partial charge on any atom is 0.281 e. The summed E-state index contributed by atoms with van der Waals surface area (Å²) in [6.07, 6.45) is 1.19. The Kier molecular flexibility index (Phi) is 7.15. The predicted molar refractivity (Wildman–Crippen MR) is 112 cm³/mol. The van der Waals surface area contributed by atoms with Gasteiger partial charge in [-0.15, -0.1) is 0 Å². The van der Waals surface area contributed by atoms with Crippen LogP contribution < -0.4 is 5.32 Å². The molecule has 1 unspecified atom stereocenters. The van der Waals surface area contributed by atoms with E-state index in [1.54, 1.807) is 12.1 Å². The highest BCUT2D eigenvalue weighted by molar-refractivity contribution is 7.89. The van der Waals surface area contributed by atoms with Gasteiger partial charge in [-0.2, -0.15) is 21.3 Å². The number of piperidine rings is 1. The van der Waals surface area contributed by atoms with Crippen molar-refractivity contribution < 1.29 is 26.4 Å². The molecule has 0 saturated carbocycles. The Morgan fingerprint density at radius 2 is 1.67 bits per heavy atom. The van der Waals surface area contributed by atoms with Crippen molar-refractivity contribution in [1.29, 1.82) is 0 Å². The number of amides is 1. The van der Waals surface area contributed by atoms with Gasteiger partial charge in [0.05, 0.1) is 24.0 Å². The van der Waals surface area contributed by atoms with Crippen LogP contribution >= 0.6 is 0 Å². The van der Waals surface area contributed by atoms with Gasteiger partial charge >= 0.3 is 0 Å². The first kappa shape index (κ1) is 23.1. The SMILES string of the molecule is CN(C)S(=O)(=O)N1CCCC(C(=O)Nc2ccc(S(=O)(=O)N3CCOCC3)cc2)C1. The van der Waals surface area contributed by atoms with Crippen molar-refractivity contribution in [1.82, 2.24) is 12.9 Å². The van der Waals surface area contributed by atoms with E-state index in [4.69, 9.17) is 4.74 Å². The van der Waals surface area contributed by atoms with Crippen molar-refractivity contribution in [2.75, 3.05) is 58.8 Å². The van der Waals surface area contributed by atoms with Gasteiger partial charge in [0.2, 0.25) is 15.9 Å². The Hall–Kier alpha value is -1.57. The molecule has 0 bridgehead atoms. The first-order valence-electron chi connectivity index (χ1n) is 9.79. The Balaban J connectivity index is 1.64. The summed E-state index contributed by atoms with van der Waals surface area (Å²) in [6.45, 7) is 1.88. The van der Waals surface area contributed by atoms with Crippen LogP contribution in [0.4, 0.5) is 5.69 Å². The number of anilines is 1. The van der Waals surface area contributed by atoms with Crippen LogP contribution in [0.15, 0.2) is 29.2 Å². The summed E-state index contributed by atoms with van der Waals surface area (Å²) in [4.78, 5) is 12.8. The van der Waals surface area contributed by atoms with Gasteiger partial charge in [0.1, 0.15) is 0 Å². The van der Waals surface area contributed by atoms with Crippen molar-refractivity contribution in [2.24, 2.45) is 5.92 Å². The van der Waals surface area contributed by atoms with Crippen LogP contribution in [0.5, 0.6) is 0 Å². The normalized spacial score (nSPS) is 22.2. The highest BCUT2D eigenvalue weighted by Crippen LogP contribution is 2.23. The molecule has 2 saturated heterocycles. The number of nitrogens with zero attached hydrogens (tertiary/aromatic N) is 3. The zero-order valence-electron chi connectivity index (χ0n) is 17.2. The summed E-state index contributed by atoms with van der Waals surface area (Å²) in [5, 5.41) is 2.77. The lowest BCUT2D eigenvalue weighted by Gasteiger charge is -2.32. The molecule has 10 nitrogen and oxygen atoms in total. The summed E-state index contributed by atoms with van der Waals surface area (Å²) >= 11 is 0. The molecular formula is C18H28N4O6S2. The average molecular weight is 461 g/mol. The molecule has 3 rings (SSSR count). The lowest BCUT2D eigenvalue weighted by Crippen LogP contribution is -2.47. The van der Waals surface area contributed by atoms with Gasteiger partial charge in [-0.25, -0.2) is 8.42 Å². The Bertz CT molecular complexity index is 957. The van der Waals surface area contributed by atoms with Gasteiger partial charge in [0.15, 0.2) is 0 Å². The van der Waals surface area contributed by atoms with E-state index in [2.05, 4.69) is 5.32 Å². The Morgan fingerprint density at radius 1 is 1.03 bits per heavy atom. The monoisotopic (exact) mass is 460 g/mol. The van der Waals surface area contributed by atoms with Crippen LogP contribution in [0.25, 0.3) is 0 Å². The molecule has 30 heavy (non-hydrogen) atoms. The van der Waals surface area contributed by atoms with E-state index in [0.29, 0.717) is 51.4 Å². The third-order valence-corrected chi connectivity index (χ3v) is 9.09. The van der Waals surface area contributed by atoms with E-state index in [1.165, 1.54) is 34.8 Å². The highest BCUT2D eigenvalue weighted by atomic mass is 32.2. The fourth-order valence-corrected chi connectivity index (χ4v) is 6.09. The predicted octanol–water partition coefficient (Wildman–Crippen LogP) is 0.164. The van der Waals surface area contributed by atoms with Gasteiger partial charge in [-0.3, -0.25) is 4.79 Å². The van der Waals surface area contributed by atoms with E-state index in [1.807, 2.05) is 0 Å². The number of carbonyl (C=O) groups is 1. The summed E-state index contributed by atoms with van der Waals surface area (Å²) in [5.74, 6) is -0.748. The molecule has 1 aromatic carbocycles. The fraction of sp³-hybridized carbons (Fsp3) is 0.611. The third-order valence-electron chi connectivity index (χ3n) is 5.27. The van der Waals surface area contributed by atoms with Crippen LogP contribution in [-0.4, -0.2) is 89.1 Å². The van der Waals surface area contributed by atoms with Gasteiger partial charge in [-0.05, 0) is 37.1 Å². The Morgan fingerprint density at radius 3 is 2.27 bits per heavy atom. The topological polar surface area (TPSA) is 116 Å². The summed E-state index contributed by atoms with van der Waals surface area (Å²) in [7, 11) is -4.23. The van der Waals surface area contributed by atoms with Crippen LogP contribution in [0.1, 0.15) is 12.8 Å². The molecule has 1 atom stereocenters. The Labute approximate surface area is 178 Å². The minimum absolute atomic E-state index is 0.121. The molecule has 0 aliphatic carbocycles. The maximum absolute atomic E-state index is 12.7. The molecule has 2 heterocycles. The fourth-order valence-electron chi connectivity index (χ4n) is 3.49. The zero-order chi connectivity index (χ0) is 21.9. The lowest BCUT2D eigenvalue weighted by atomic mass is 9.99. The van der Waals surface area contributed by atoms with Gasteiger partial charge in [0.25, 0.3) is 10.2 Å². The van der Waals surface area contributed by atoms with Gasteiger partial charge in [0, 0.05) is 46.0 Å². The lowest BCUT2D eigenvalue weighted by molar-refractivity contribution is -0.120. The number of hydrogen-bond acceptors (Lipinski definition) is 6. The molecule has 1 N–H and O–H groups in total. The van der Waals surface area contributed by atoms with E-state index >= 15 is 0 Å². The van der Waals surface area contributed by atoms with Crippen LogP contribution in [0.2, 0.25) is 0 Å². The number of hydrogen-bond donors (Lipinski definition) is 1. The van der Waals surface area contributed by atoms with E-state index in [0.717, 1.165) is 4.31 Å². The number of carbonyl (C=O) groups excluding carboxylic acids is 1. The van der Waals surface area contributed by atoms with E-state index in [-0.39, 0.29) is 17.3 Å². The van der Waals surface area contributed by atoms with E-state index < -0.39 is 26.2 Å². The molecule has 12 heteroatoms. The van der Waals surface area contributed by atoms with Gasteiger partial charge < -0.3 is 10.1 Å². The van der Waals surface area contributed by atoms with Crippen LogP contribution in [-0.2, 0) is 29.8 Å². The zero-order valence-corrected chi connectivity index (χ0v) is 18.8. The molecular weight excluding hydrogens is 432 g/mol. The number of sulfonamides is 1. The number of nitrogens with one attached hydrogen (secondary N) is 1. The second-order valence-electron chi connectivity index (χ2n) is 7.52. The molecule has 0 spiro atoms. The third kappa shape index (κ3) is 5.01. The second-order valence-corrected chi connectivity index (χ2v) is 11.6. The summed E-state index contributed by atoms with van der Waals surface area (Å²) in [5.41, 5.74) is 0.466. The first-order valence-corrected chi connectivity index (χ1v) is 12.6. The first-order chi connectivity index (χ1) is 14.1. The summed E-state index contributed by atoms with van der Waals surface area (Å²) in [6, 6.07) is 6.01. The maximum atomic E-state index is 12.7. The molecule has 0 radical (unpaired) electrons. The summed E-state index contributed by atoms with van der Waals surface area (Å²) < 4.78 is 59.0. The van der Waals surface area contributed by atoms with Crippen LogP contribution in [0.3, 0.4) is 0 Å². The highest BCUT2D eigenvalue weighted by Gasteiger charge is 2.33. The van der Waals surface area contributed by atoms with Crippen LogP contribution in [0, 0.1) is 5.92 Å². The largest absolute Gasteiger partial charge is 0.379 e. The molecule has 168 valence electrons. The number of morpholine rings is 1. The number of benzene rings is 1. The number of ether oxygens (including phenoxy) is 1. The minimum Gasteiger partial charge on any atom is -0.379 e. The second kappa shape index (κ2) is 9.28. The quantitative estimate of drug-likeness (QED) is 0.647. The van der Waals surface area contributed by atoms with Crippen molar-refractivity contribution in [3.63, 3.8) is 0 Å². The number of rotatable bonds is 6. The molecule has 2 fully saturated rings. The van der Waals surface area contributed by atoms with Crippen molar-refractivity contribution in [3.05, 3.63) is 24.3 Å². The van der Waals surface area contributed by atoms with Crippen molar-refractivity contribution in [3.8, 4) is 0 Å². The molecule has 2 aliphatic heterocycles.